The van der Waals surface area contributed by atoms with Gasteiger partial charge in [0.1, 0.15) is 0 Å². The minimum atomic E-state index is -0.505. The zero-order valence-corrected chi connectivity index (χ0v) is 8.69. The molecule has 0 saturated heterocycles. The Morgan fingerprint density at radius 2 is 2.31 bits per heavy atom. The highest BCUT2D eigenvalue weighted by Gasteiger charge is 2.08. The van der Waals surface area contributed by atoms with Gasteiger partial charge in [0.15, 0.2) is 5.58 Å². The lowest BCUT2D eigenvalue weighted by atomic mass is 10.1. The highest BCUT2D eigenvalue weighted by atomic mass is 16.4. The van der Waals surface area contributed by atoms with Crippen LogP contribution in [0.2, 0.25) is 0 Å². The van der Waals surface area contributed by atoms with Crippen LogP contribution >= 0.6 is 0 Å². The number of carbonyl (C=O) groups excluding carboxylic acids is 1. The number of aromatic nitrogens is 1. The van der Waals surface area contributed by atoms with Gasteiger partial charge in [-0.15, -0.1) is 0 Å². The normalized spacial score (nSPS) is 10.6. The van der Waals surface area contributed by atoms with Crippen molar-refractivity contribution in [2.45, 2.75) is 6.42 Å². The maximum absolute atomic E-state index is 11.4. The van der Waals surface area contributed by atoms with Crippen molar-refractivity contribution in [3.63, 3.8) is 0 Å². The van der Waals surface area contributed by atoms with Gasteiger partial charge in [-0.05, 0) is 17.7 Å². The minimum Gasteiger partial charge on any atom is -0.408 e. The molecule has 0 bridgehead atoms. The molecule has 84 valence electrons. The first-order valence-corrected chi connectivity index (χ1v) is 4.69. The second kappa shape index (κ2) is 3.82. The van der Waals surface area contributed by atoms with E-state index in [-0.39, 0.29) is 12.3 Å². The number of hydrazine groups is 1. The Kier molecular flexibility index (Phi) is 2.49. The largest absolute Gasteiger partial charge is 0.417 e. The maximum Gasteiger partial charge on any atom is 0.417 e. The summed E-state index contributed by atoms with van der Waals surface area (Å²) in [6.07, 6.45) is 0.191. The number of hydrogen-bond donors (Lipinski definition) is 2. The average molecular weight is 221 g/mol. The molecule has 0 spiro atoms. The third-order valence-electron chi connectivity index (χ3n) is 2.23. The van der Waals surface area contributed by atoms with Gasteiger partial charge >= 0.3 is 5.76 Å². The third-order valence-corrected chi connectivity index (χ3v) is 2.23. The van der Waals surface area contributed by atoms with Crippen LogP contribution in [0.1, 0.15) is 5.56 Å². The third kappa shape index (κ3) is 1.96. The van der Waals surface area contributed by atoms with Crippen molar-refractivity contribution in [2.24, 2.45) is 5.84 Å². The fourth-order valence-electron chi connectivity index (χ4n) is 1.41. The highest BCUT2D eigenvalue weighted by molar-refractivity contribution is 5.80. The van der Waals surface area contributed by atoms with Crippen LogP contribution < -0.4 is 11.6 Å². The fourth-order valence-corrected chi connectivity index (χ4v) is 1.41. The van der Waals surface area contributed by atoms with Crippen molar-refractivity contribution in [1.82, 2.24) is 9.99 Å². The van der Waals surface area contributed by atoms with Gasteiger partial charge in [0, 0.05) is 7.05 Å². The van der Waals surface area contributed by atoms with E-state index in [2.05, 4.69) is 4.98 Å². The highest BCUT2D eigenvalue weighted by Crippen LogP contribution is 2.12. The number of hydrogen-bond acceptors (Lipinski definition) is 4. The number of oxazole rings is 1. The number of likely N-dealkylation sites (N-methyl/N-ethyl adjacent to an activating group) is 1. The Morgan fingerprint density at radius 1 is 1.56 bits per heavy atom. The Hall–Kier alpha value is -2.08. The summed E-state index contributed by atoms with van der Waals surface area (Å²) in [7, 11) is 1.49. The molecule has 1 heterocycles. The second-order valence-corrected chi connectivity index (χ2v) is 3.53. The summed E-state index contributed by atoms with van der Waals surface area (Å²) in [5, 5.41) is 1.03. The summed E-state index contributed by atoms with van der Waals surface area (Å²) in [5.41, 5.74) is 1.82. The van der Waals surface area contributed by atoms with Gasteiger partial charge in [-0.2, -0.15) is 0 Å². The number of carbonyl (C=O) groups is 1. The molecule has 6 nitrogen and oxygen atoms in total. The Balaban J connectivity index is 2.32. The number of aromatic amines is 1. The van der Waals surface area contributed by atoms with Crippen LogP contribution in [0.4, 0.5) is 0 Å². The summed E-state index contributed by atoms with van der Waals surface area (Å²) in [6, 6.07) is 5.06. The van der Waals surface area contributed by atoms with E-state index in [9.17, 15) is 9.59 Å². The standard InChI is InChI=1S/C10H11N3O3/c1-13(11)9(14)5-6-2-3-8-7(4-6)12-10(15)16-8/h2-4H,5,11H2,1H3,(H,12,15). The summed E-state index contributed by atoms with van der Waals surface area (Å²) >= 11 is 0. The van der Waals surface area contributed by atoms with Crippen molar-refractivity contribution in [3.8, 4) is 0 Å². The number of rotatable bonds is 2. The molecule has 6 heteroatoms. The second-order valence-electron chi connectivity index (χ2n) is 3.53. The molecule has 2 aromatic rings. The van der Waals surface area contributed by atoms with Crippen molar-refractivity contribution in [2.75, 3.05) is 7.05 Å². The van der Waals surface area contributed by atoms with E-state index in [1.807, 2.05) is 0 Å². The minimum absolute atomic E-state index is 0.191. The van der Waals surface area contributed by atoms with Gasteiger partial charge < -0.3 is 4.42 Å². The SMILES string of the molecule is CN(N)C(=O)Cc1ccc2oc(=O)[nH]c2c1. The molecule has 0 unspecified atom stereocenters. The first-order chi connectivity index (χ1) is 7.56. The zero-order chi connectivity index (χ0) is 11.7. The van der Waals surface area contributed by atoms with E-state index in [1.54, 1.807) is 18.2 Å². The van der Waals surface area contributed by atoms with E-state index in [4.69, 9.17) is 10.3 Å². The first kappa shape index (κ1) is 10.4. The van der Waals surface area contributed by atoms with Crippen LogP contribution in [0.5, 0.6) is 0 Å². The quantitative estimate of drug-likeness (QED) is 0.424. The van der Waals surface area contributed by atoms with E-state index in [0.29, 0.717) is 11.1 Å². The van der Waals surface area contributed by atoms with Gasteiger partial charge in [0.25, 0.3) is 0 Å². The molecule has 0 aliphatic carbocycles. The zero-order valence-electron chi connectivity index (χ0n) is 8.69. The smallest absolute Gasteiger partial charge is 0.408 e. The number of amides is 1. The molecule has 0 fully saturated rings. The van der Waals surface area contributed by atoms with Crippen molar-refractivity contribution < 1.29 is 9.21 Å². The number of benzene rings is 1. The summed E-state index contributed by atoms with van der Waals surface area (Å²) in [5.74, 6) is 4.60. The van der Waals surface area contributed by atoms with Crippen molar-refractivity contribution >= 4 is 17.0 Å². The molecule has 2 rings (SSSR count). The molecule has 0 saturated carbocycles. The fraction of sp³-hybridized carbons (Fsp3) is 0.200. The molecule has 0 radical (unpaired) electrons. The monoisotopic (exact) mass is 221 g/mol. The number of nitrogens with zero attached hydrogens (tertiary/aromatic N) is 1. The van der Waals surface area contributed by atoms with Gasteiger partial charge in [-0.25, -0.2) is 10.6 Å². The van der Waals surface area contributed by atoms with Crippen LogP contribution in [0.3, 0.4) is 0 Å². The average Bonchev–Trinajstić information content (AvgIpc) is 2.57. The predicted octanol–water partition coefficient (Wildman–Crippen LogP) is -0.00430. The van der Waals surface area contributed by atoms with Crippen LogP contribution in [0, 0.1) is 0 Å². The number of fused-ring (bicyclic) bond motifs is 1. The van der Waals surface area contributed by atoms with Crippen LogP contribution in [0.25, 0.3) is 11.1 Å². The molecule has 3 N–H and O–H groups in total. The van der Waals surface area contributed by atoms with Gasteiger partial charge in [0.05, 0.1) is 11.9 Å². The first-order valence-electron chi connectivity index (χ1n) is 4.69. The topological polar surface area (TPSA) is 92.3 Å². The lowest BCUT2D eigenvalue weighted by molar-refractivity contribution is -0.129. The Labute approximate surface area is 90.6 Å². The summed E-state index contributed by atoms with van der Waals surface area (Å²) in [6.45, 7) is 0. The van der Waals surface area contributed by atoms with E-state index < -0.39 is 5.76 Å². The Bertz CT molecular complexity index is 582. The molecular formula is C10H11N3O3. The van der Waals surface area contributed by atoms with Gasteiger partial charge in [-0.3, -0.25) is 14.8 Å². The molecule has 0 aliphatic heterocycles. The number of nitrogens with two attached hydrogens (primary N) is 1. The van der Waals surface area contributed by atoms with E-state index in [1.165, 1.54) is 7.05 Å². The van der Waals surface area contributed by atoms with E-state index >= 15 is 0 Å². The Morgan fingerprint density at radius 3 is 3.00 bits per heavy atom. The molecule has 0 atom stereocenters. The van der Waals surface area contributed by atoms with Crippen molar-refractivity contribution in [1.29, 1.82) is 0 Å². The van der Waals surface area contributed by atoms with E-state index in [0.717, 1.165) is 10.6 Å². The summed E-state index contributed by atoms with van der Waals surface area (Å²) in [4.78, 5) is 24.8. The number of H-pyrrole nitrogens is 1. The van der Waals surface area contributed by atoms with Gasteiger partial charge in [0.2, 0.25) is 5.91 Å². The summed E-state index contributed by atoms with van der Waals surface area (Å²) < 4.78 is 4.84. The number of nitrogens with one attached hydrogen (secondary N) is 1. The molecule has 0 aliphatic rings. The molecule has 1 amide bonds. The van der Waals surface area contributed by atoms with Crippen LogP contribution in [-0.2, 0) is 11.2 Å². The molecular weight excluding hydrogens is 210 g/mol. The lowest BCUT2D eigenvalue weighted by Crippen LogP contribution is -2.34. The molecule has 1 aromatic carbocycles. The molecule has 16 heavy (non-hydrogen) atoms. The maximum atomic E-state index is 11.4. The van der Waals surface area contributed by atoms with Crippen LogP contribution in [0.15, 0.2) is 27.4 Å². The van der Waals surface area contributed by atoms with Gasteiger partial charge in [-0.1, -0.05) is 6.07 Å². The van der Waals surface area contributed by atoms with Crippen LogP contribution in [-0.4, -0.2) is 22.9 Å². The lowest BCUT2D eigenvalue weighted by Gasteiger charge is -2.09. The van der Waals surface area contributed by atoms with Crippen molar-refractivity contribution in [3.05, 3.63) is 34.3 Å². The molecule has 1 aromatic heterocycles. The predicted molar refractivity (Wildman–Crippen MR) is 57.5 cm³/mol.